The summed E-state index contributed by atoms with van der Waals surface area (Å²) in [6.45, 7) is 5.94. The molecule has 2 aromatic heterocycles. The maximum Gasteiger partial charge on any atom is 0.339 e. The van der Waals surface area contributed by atoms with Crippen LogP contribution in [0.1, 0.15) is 59.5 Å². The van der Waals surface area contributed by atoms with Crippen molar-refractivity contribution >= 4 is 11.9 Å². The Hall–Kier alpha value is -3.42. The maximum atomic E-state index is 12.0. The predicted molar refractivity (Wildman–Crippen MR) is 104 cm³/mol. The molecule has 3 aromatic rings. The Morgan fingerprint density at radius 1 is 1.21 bits per heavy atom. The molecular formula is C21H23N3O5. The monoisotopic (exact) mass is 397 g/mol. The summed E-state index contributed by atoms with van der Waals surface area (Å²) in [4.78, 5) is 27.4. The summed E-state index contributed by atoms with van der Waals surface area (Å²) in [6, 6.07) is 9.39. The summed E-state index contributed by atoms with van der Waals surface area (Å²) >= 11 is 0. The van der Waals surface area contributed by atoms with Crippen LogP contribution in [-0.2, 0) is 17.8 Å². The van der Waals surface area contributed by atoms with Crippen LogP contribution in [-0.4, -0.2) is 27.1 Å². The fourth-order valence-electron chi connectivity index (χ4n) is 2.83. The Bertz CT molecular complexity index is 1000. The average molecular weight is 397 g/mol. The first-order valence-corrected chi connectivity index (χ1v) is 9.35. The third kappa shape index (κ3) is 5.10. The number of carbonyl (C=O) groups excluding carboxylic acids is 1. The highest BCUT2D eigenvalue weighted by molar-refractivity contribution is 5.88. The second-order valence-electron chi connectivity index (χ2n) is 7.05. The van der Waals surface area contributed by atoms with Crippen molar-refractivity contribution in [2.24, 2.45) is 0 Å². The van der Waals surface area contributed by atoms with Crippen LogP contribution in [0.25, 0.3) is 11.4 Å². The second kappa shape index (κ2) is 8.72. The van der Waals surface area contributed by atoms with E-state index < -0.39 is 5.97 Å². The number of carboxylic acids is 1. The number of hydrogen-bond acceptors (Lipinski definition) is 6. The van der Waals surface area contributed by atoms with Crippen LogP contribution in [0, 0.1) is 6.92 Å². The largest absolute Gasteiger partial charge is 0.478 e. The minimum atomic E-state index is -1.06. The number of rotatable bonds is 8. The first kappa shape index (κ1) is 20.3. The van der Waals surface area contributed by atoms with Crippen molar-refractivity contribution in [3.05, 3.63) is 58.9 Å². The minimum absolute atomic E-state index is 0.0917. The minimum Gasteiger partial charge on any atom is -0.478 e. The van der Waals surface area contributed by atoms with Crippen molar-refractivity contribution in [2.75, 3.05) is 0 Å². The molecule has 0 aliphatic carbocycles. The van der Waals surface area contributed by atoms with E-state index in [1.54, 1.807) is 6.92 Å². The number of nitrogens with one attached hydrogen (secondary N) is 1. The number of nitrogens with zero attached hydrogens (tertiary/aromatic N) is 2. The highest BCUT2D eigenvalue weighted by Crippen LogP contribution is 2.21. The number of aromatic carboxylic acids is 1. The van der Waals surface area contributed by atoms with Crippen LogP contribution >= 0.6 is 0 Å². The van der Waals surface area contributed by atoms with Crippen molar-refractivity contribution < 1.29 is 23.6 Å². The zero-order chi connectivity index (χ0) is 21.0. The van der Waals surface area contributed by atoms with E-state index in [9.17, 15) is 9.59 Å². The first-order chi connectivity index (χ1) is 13.8. The van der Waals surface area contributed by atoms with Gasteiger partial charge in [0.1, 0.15) is 17.1 Å². The topological polar surface area (TPSA) is 118 Å². The number of carbonyl (C=O) groups is 2. The summed E-state index contributed by atoms with van der Waals surface area (Å²) in [5.41, 5.74) is 2.18. The van der Waals surface area contributed by atoms with E-state index in [1.165, 1.54) is 11.6 Å². The van der Waals surface area contributed by atoms with Gasteiger partial charge in [-0.1, -0.05) is 43.3 Å². The number of hydrogen-bond donors (Lipinski definition) is 2. The quantitative estimate of drug-likeness (QED) is 0.595. The van der Waals surface area contributed by atoms with Gasteiger partial charge in [0.05, 0.1) is 6.54 Å². The molecule has 1 aromatic carbocycles. The lowest BCUT2D eigenvalue weighted by atomic mass is 10.0. The molecule has 0 atom stereocenters. The molecule has 0 fully saturated rings. The number of benzene rings is 1. The maximum absolute atomic E-state index is 12.0. The Morgan fingerprint density at radius 3 is 2.55 bits per heavy atom. The molecular weight excluding hydrogens is 374 g/mol. The van der Waals surface area contributed by atoms with Gasteiger partial charge in [0.15, 0.2) is 0 Å². The molecule has 3 rings (SSSR count). The average Bonchev–Trinajstić information content (AvgIpc) is 3.31. The van der Waals surface area contributed by atoms with Gasteiger partial charge in [-0.2, -0.15) is 4.98 Å². The molecule has 0 saturated carbocycles. The molecule has 0 unspecified atom stereocenters. The zero-order valence-electron chi connectivity index (χ0n) is 16.6. The number of furan rings is 1. The molecule has 0 bridgehead atoms. The lowest BCUT2D eigenvalue weighted by Gasteiger charge is -2.04. The lowest BCUT2D eigenvalue weighted by molar-refractivity contribution is -0.121. The first-order valence-electron chi connectivity index (χ1n) is 9.35. The molecule has 8 heteroatoms. The van der Waals surface area contributed by atoms with E-state index in [4.69, 9.17) is 14.0 Å². The Labute approximate surface area is 167 Å². The van der Waals surface area contributed by atoms with Crippen molar-refractivity contribution in [3.8, 4) is 11.4 Å². The van der Waals surface area contributed by atoms with Crippen molar-refractivity contribution in [2.45, 2.75) is 46.1 Å². The van der Waals surface area contributed by atoms with Gasteiger partial charge in [0.2, 0.25) is 17.6 Å². The van der Waals surface area contributed by atoms with Crippen molar-refractivity contribution in [1.29, 1.82) is 0 Å². The molecule has 29 heavy (non-hydrogen) atoms. The van der Waals surface area contributed by atoms with Gasteiger partial charge >= 0.3 is 5.97 Å². The molecule has 0 spiro atoms. The highest BCUT2D eigenvalue weighted by atomic mass is 16.5. The van der Waals surface area contributed by atoms with Crippen LogP contribution in [0.4, 0.5) is 0 Å². The van der Waals surface area contributed by atoms with Gasteiger partial charge in [0, 0.05) is 18.4 Å². The summed E-state index contributed by atoms with van der Waals surface area (Å²) in [6.07, 6.45) is 0.472. The number of amides is 1. The Kier molecular flexibility index (Phi) is 6.11. The standard InChI is InChI=1S/C21H23N3O5/c1-12(2)14-4-6-15(7-5-14)20-23-19(29-24-20)9-8-18(25)22-11-16-10-17(21(26)27)13(3)28-16/h4-7,10,12H,8-9,11H2,1-3H3,(H,22,25)(H,26,27). The molecule has 2 heterocycles. The molecule has 0 aliphatic rings. The lowest BCUT2D eigenvalue weighted by Crippen LogP contribution is -2.22. The second-order valence-corrected chi connectivity index (χ2v) is 7.05. The van der Waals surface area contributed by atoms with E-state index in [0.717, 1.165) is 5.56 Å². The van der Waals surface area contributed by atoms with Gasteiger partial charge in [-0.3, -0.25) is 4.79 Å². The summed E-state index contributed by atoms with van der Waals surface area (Å²) < 4.78 is 10.6. The zero-order valence-corrected chi connectivity index (χ0v) is 16.6. The molecule has 0 saturated heterocycles. The van der Waals surface area contributed by atoms with Gasteiger partial charge in [-0.05, 0) is 24.5 Å². The van der Waals surface area contributed by atoms with E-state index in [0.29, 0.717) is 35.6 Å². The third-order valence-electron chi connectivity index (χ3n) is 4.53. The summed E-state index contributed by atoms with van der Waals surface area (Å²) in [7, 11) is 0. The molecule has 2 N–H and O–H groups in total. The van der Waals surface area contributed by atoms with Crippen molar-refractivity contribution in [3.63, 3.8) is 0 Å². The van der Waals surface area contributed by atoms with Crippen LogP contribution in [0.5, 0.6) is 0 Å². The van der Waals surface area contributed by atoms with Gasteiger partial charge in [0.25, 0.3) is 0 Å². The van der Waals surface area contributed by atoms with E-state index in [1.807, 2.05) is 24.3 Å². The summed E-state index contributed by atoms with van der Waals surface area (Å²) in [5.74, 6) is 0.726. The number of aryl methyl sites for hydroxylation is 2. The molecule has 8 nitrogen and oxygen atoms in total. The Morgan fingerprint density at radius 2 is 1.93 bits per heavy atom. The number of carboxylic acid groups (broad SMARTS) is 1. The van der Waals surface area contributed by atoms with E-state index in [-0.39, 0.29) is 24.4 Å². The van der Waals surface area contributed by atoms with Crippen LogP contribution in [0.15, 0.2) is 39.3 Å². The fourth-order valence-corrected chi connectivity index (χ4v) is 2.83. The van der Waals surface area contributed by atoms with Gasteiger partial charge in [-0.25, -0.2) is 4.79 Å². The van der Waals surface area contributed by atoms with Crippen LogP contribution in [0.2, 0.25) is 0 Å². The van der Waals surface area contributed by atoms with Crippen LogP contribution in [0.3, 0.4) is 0 Å². The van der Waals surface area contributed by atoms with E-state index >= 15 is 0 Å². The SMILES string of the molecule is Cc1oc(CNC(=O)CCc2nc(-c3ccc(C(C)C)cc3)no2)cc1C(=O)O. The third-order valence-corrected chi connectivity index (χ3v) is 4.53. The van der Waals surface area contributed by atoms with Gasteiger partial charge in [-0.15, -0.1) is 0 Å². The van der Waals surface area contributed by atoms with Gasteiger partial charge < -0.3 is 19.4 Å². The highest BCUT2D eigenvalue weighted by Gasteiger charge is 2.15. The molecule has 0 radical (unpaired) electrons. The normalized spacial score (nSPS) is 11.0. The predicted octanol–water partition coefficient (Wildman–Crippen LogP) is 3.71. The molecule has 0 aliphatic heterocycles. The number of aromatic nitrogens is 2. The molecule has 152 valence electrons. The van der Waals surface area contributed by atoms with Crippen LogP contribution < -0.4 is 5.32 Å². The van der Waals surface area contributed by atoms with Crippen molar-refractivity contribution in [1.82, 2.24) is 15.5 Å². The Balaban J connectivity index is 1.50. The molecule has 1 amide bonds. The summed E-state index contributed by atoms with van der Waals surface area (Å²) in [5, 5.41) is 15.7. The van der Waals surface area contributed by atoms with E-state index in [2.05, 4.69) is 29.3 Å². The fraction of sp³-hybridized carbons (Fsp3) is 0.333. The smallest absolute Gasteiger partial charge is 0.339 e.